The fraction of sp³-hybridized carbons (Fsp3) is 0.811. The second-order valence-electron chi connectivity index (χ2n) is 15.5. The minimum Gasteiger partial charge on any atom is -0.508 e. The number of hydrogen-bond acceptors (Lipinski definition) is 5. The molecule has 1 aromatic carbocycles. The quantitative estimate of drug-likeness (QED) is 0.104. The van der Waals surface area contributed by atoms with Crippen LogP contribution in [0.1, 0.15) is 127 Å². The van der Waals surface area contributed by atoms with Crippen molar-refractivity contribution in [2.24, 2.45) is 23.2 Å². The van der Waals surface area contributed by atoms with Gasteiger partial charge in [-0.1, -0.05) is 57.9 Å². The number of aliphatic hydroxyl groups is 1. The summed E-state index contributed by atoms with van der Waals surface area (Å²) in [6.07, 6.45) is 5.98. The number of ether oxygens (including phenoxy) is 1. The van der Waals surface area contributed by atoms with E-state index in [1.165, 1.54) is 11.1 Å². The van der Waals surface area contributed by atoms with E-state index in [0.717, 1.165) is 90.1 Å². The number of nitrogens with zero attached hydrogens (tertiary/aromatic N) is 1. The predicted molar refractivity (Wildman–Crippen MR) is 170 cm³/mol. The Labute approximate surface area is 276 Å². The number of fused-ring (bicyclic) bond motifs is 7. The van der Waals surface area contributed by atoms with Crippen LogP contribution in [-0.2, 0) is 16.0 Å². The molecule has 2 N–H and O–H groups in total. The van der Waals surface area contributed by atoms with Gasteiger partial charge in [-0.15, -0.1) is 0 Å². The molecule has 47 heavy (non-hydrogen) atoms. The van der Waals surface area contributed by atoms with E-state index in [9.17, 15) is 37.0 Å². The third kappa shape index (κ3) is 7.63. The molecule has 0 bridgehead atoms. The molecule has 266 valence electrons. The summed E-state index contributed by atoms with van der Waals surface area (Å²) < 4.78 is 68.4. The summed E-state index contributed by atoms with van der Waals surface area (Å²) in [7, 11) is 2.11. The highest BCUT2D eigenvalue weighted by atomic mass is 19.4. The van der Waals surface area contributed by atoms with Crippen LogP contribution in [-0.4, -0.2) is 65.0 Å². The Morgan fingerprint density at radius 2 is 1.60 bits per heavy atom. The van der Waals surface area contributed by atoms with Gasteiger partial charge in [0.25, 0.3) is 0 Å². The number of esters is 1. The number of rotatable bonds is 16. The molecule has 0 radical (unpaired) electrons. The molecule has 1 unspecified atom stereocenters. The molecule has 3 fully saturated rings. The summed E-state index contributed by atoms with van der Waals surface area (Å²) in [6.45, 7) is 4.16. The highest BCUT2D eigenvalue weighted by Crippen LogP contribution is 2.68. The second kappa shape index (κ2) is 14.5. The van der Waals surface area contributed by atoms with E-state index in [0.29, 0.717) is 42.3 Å². The molecular formula is C37H54F5NO4. The van der Waals surface area contributed by atoms with E-state index in [-0.39, 0.29) is 24.2 Å². The number of unbranched alkanes of at least 4 members (excludes halogenated alkanes) is 8. The van der Waals surface area contributed by atoms with E-state index in [4.69, 9.17) is 4.74 Å². The van der Waals surface area contributed by atoms with Crippen LogP contribution in [0.3, 0.4) is 0 Å². The fourth-order valence-corrected chi connectivity index (χ4v) is 9.94. The Morgan fingerprint density at radius 1 is 0.957 bits per heavy atom. The van der Waals surface area contributed by atoms with Crippen molar-refractivity contribution in [2.45, 2.75) is 146 Å². The van der Waals surface area contributed by atoms with Crippen molar-refractivity contribution in [1.29, 1.82) is 0 Å². The first-order valence-corrected chi connectivity index (χ1v) is 18.0. The van der Waals surface area contributed by atoms with Crippen LogP contribution in [0.2, 0.25) is 0 Å². The topological polar surface area (TPSA) is 70.0 Å². The molecule has 4 aliphatic rings. The summed E-state index contributed by atoms with van der Waals surface area (Å²) >= 11 is 0. The predicted octanol–water partition coefficient (Wildman–Crippen LogP) is 8.94. The average molecular weight is 672 g/mol. The third-order valence-electron chi connectivity index (χ3n) is 12.5. The zero-order chi connectivity index (χ0) is 34.0. The van der Waals surface area contributed by atoms with Crippen LogP contribution in [0.4, 0.5) is 22.0 Å². The van der Waals surface area contributed by atoms with Gasteiger partial charge in [0.1, 0.15) is 17.5 Å². The van der Waals surface area contributed by atoms with Gasteiger partial charge < -0.3 is 19.8 Å². The van der Waals surface area contributed by atoms with Crippen LogP contribution < -0.4 is 0 Å². The SMILES string of the molecule is CN(CCCCCCCCC(F)(F)C(F)(F)F)CCCCCC[C@H]1C[C@@]2(C)[C@@H](CC3OC(=O)C[C@@]32O)[C@@H]2CCc3cc(O)ccc3[C@@H]12. The van der Waals surface area contributed by atoms with Gasteiger partial charge in [0.15, 0.2) is 0 Å². The Hall–Kier alpha value is -1.94. The molecule has 1 aliphatic heterocycles. The largest absolute Gasteiger partial charge is 0.508 e. The minimum atomic E-state index is -5.45. The minimum absolute atomic E-state index is 0.0968. The molecule has 1 heterocycles. The molecule has 0 amide bonds. The first-order chi connectivity index (χ1) is 22.2. The van der Waals surface area contributed by atoms with Gasteiger partial charge >= 0.3 is 18.1 Å². The number of phenolic OH excluding ortho intramolecular Hbond substituents is 1. The molecule has 1 aromatic rings. The van der Waals surface area contributed by atoms with Crippen molar-refractivity contribution < 1.29 is 41.7 Å². The van der Waals surface area contributed by atoms with E-state index in [1.54, 1.807) is 0 Å². The van der Waals surface area contributed by atoms with Crippen molar-refractivity contribution in [3.05, 3.63) is 29.3 Å². The number of hydrogen-bond donors (Lipinski definition) is 2. The number of alkyl halides is 5. The molecule has 5 rings (SSSR count). The fourth-order valence-electron chi connectivity index (χ4n) is 9.94. The van der Waals surface area contributed by atoms with Crippen molar-refractivity contribution >= 4 is 5.97 Å². The Balaban J connectivity index is 1.03. The van der Waals surface area contributed by atoms with Crippen LogP contribution in [0, 0.1) is 23.2 Å². The lowest BCUT2D eigenvalue weighted by Gasteiger charge is -2.56. The van der Waals surface area contributed by atoms with Crippen molar-refractivity contribution in [2.75, 3.05) is 20.1 Å². The summed E-state index contributed by atoms with van der Waals surface area (Å²) in [5.74, 6) is -3.03. The summed E-state index contributed by atoms with van der Waals surface area (Å²) in [6, 6.07) is 5.86. The lowest BCUT2D eigenvalue weighted by molar-refractivity contribution is -0.284. The summed E-state index contributed by atoms with van der Waals surface area (Å²) in [4.78, 5) is 14.6. The number of carbonyl (C=O) groups excluding carboxylic acids is 1. The van der Waals surface area contributed by atoms with Gasteiger partial charge in [-0.3, -0.25) is 4.79 Å². The number of aryl methyl sites for hydroxylation is 1. The normalized spacial score (nSPS) is 31.8. The molecule has 1 saturated heterocycles. The Morgan fingerprint density at radius 3 is 2.28 bits per heavy atom. The number of carbonyl (C=O) groups is 1. The zero-order valence-electron chi connectivity index (χ0n) is 28.1. The van der Waals surface area contributed by atoms with Crippen molar-refractivity contribution in [3.63, 3.8) is 0 Å². The highest BCUT2D eigenvalue weighted by molar-refractivity contribution is 5.74. The average Bonchev–Trinajstić information content (AvgIpc) is 3.40. The lowest BCUT2D eigenvalue weighted by atomic mass is 9.49. The molecule has 7 atom stereocenters. The number of benzene rings is 1. The van der Waals surface area contributed by atoms with Crippen LogP contribution in [0.5, 0.6) is 5.75 Å². The maximum absolute atomic E-state index is 13.0. The Bertz CT molecular complexity index is 1230. The maximum Gasteiger partial charge on any atom is 0.453 e. The molecule has 10 heteroatoms. The van der Waals surface area contributed by atoms with E-state index in [2.05, 4.69) is 24.9 Å². The van der Waals surface area contributed by atoms with Gasteiger partial charge in [0.2, 0.25) is 0 Å². The summed E-state index contributed by atoms with van der Waals surface area (Å²) in [5.41, 5.74) is 1.16. The van der Waals surface area contributed by atoms with E-state index < -0.39 is 30.2 Å². The van der Waals surface area contributed by atoms with Crippen LogP contribution in [0.15, 0.2) is 18.2 Å². The van der Waals surface area contributed by atoms with Gasteiger partial charge in [0, 0.05) is 11.8 Å². The van der Waals surface area contributed by atoms with E-state index in [1.807, 2.05) is 12.1 Å². The second-order valence-corrected chi connectivity index (χ2v) is 15.5. The summed E-state index contributed by atoms with van der Waals surface area (Å²) in [5, 5.41) is 22.1. The molecule has 0 aromatic heterocycles. The van der Waals surface area contributed by atoms with Crippen molar-refractivity contribution in [3.8, 4) is 5.75 Å². The lowest BCUT2D eigenvalue weighted by Crippen LogP contribution is -2.54. The molecule has 3 aliphatic carbocycles. The van der Waals surface area contributed by atoms with Gasteiger partial charge in [0.05, 0.1) is 6.42 Å². The Kier molecular flexibility index (Phi) is 11.2. The third-order valence-corrected chi connectivity index (χ3v) is 12.5. The van der Waals surface area contributed by atoms with Crippen LogP contribution in [0.25, 0.3) is 0 Å². The molecule has 5 nitrogen and oxygen atoms in total. The molecular weight excluding hydrogens is 617 g/mol. The smallest absolute Gasteiger partial charge is 0.453 e. The first kappa shape index (κ1) is 36.3. The highest BCUT2D eigenvalue weighted by Gasteiger charge is 2.71. The maximum atomic E-state index is 13.0. The van der Waals surface area contributed by atoms with Gasteiger partial charge in [-0.25, -0.2) is 0 Å². The molecule has 0 spiro atoms. The van der Waals surface area contributed by atoms with E-state index >= 15 is 0 Å². The van der Waals surface area contributed by atoms with Gasteiger partial charge in [-0.05, 0) is 118 Å². The standard InChI is InChI=1S/C37H54F5NO4/c1-34-23-26(13-9-5-8-12-20-43(2)19-11-7-4-3-6-10-18-36(38,39)37(40,41)42)33-28-17-15-27(44)21-25(28)14-16-29(33)30(34)22-31-35(34,46)24-32(45)47-31/h15,17,21,26,29-31,33,44,46H,3-14,16,18-20,22-24H2,1-2H3/t26-,29-,30-,31?,33+,34-,35+/m0/s1. The monoisotopic (exact) mass is 671 g/mol. The van der Waals surface area contributed by atoms with Gasteiger partial charge in [-0.2, -0.15) is 22.0 Å². The van der Waals surface area contributed by atoms with Crippen LogP contribution >= 0.6 is 0 Å². The number of aromatic hydroxyl groups is 1. The zero-order valence-corrected chi connectivity index (χ0v) is 28.1. The molecule has 2 saturated carbocycles. The number of phenols is 1. The first-order valence-electron chi connectivity index (χ1n) is 18.0. The number of halogens is 5. The van der Waals surface area contributed by atoms with Crippen molar-refractivity contribution in [1.82, 2.24) is 4.90 Å².